The van der Waals surface area contributed by atoms with E-state index in [0.29, 0.717) is 5.69 Å². The maximum absolute atomic E-state index is 11.6. The normalized spacial score (nSPS) is 9.50. The highest BCUT2D eigenvalue weighted by atomic mass is 35.5. The Hall–Kier alpha value is -1.82. The number of halogens is 1. The highest BCUT2D eigenvalue weighted by molar-refractivity contribution is 6.00. The number of hydrogen-bond donors (Lipinski definition) is 3. The Balaban J connectivity index is 0.00000289. The topological polar surface area (TPSA) is 97.1 Å². The molecule has 0 spiro atoms. The van der Waals surface area contributed by atoms with Gasteiger partial charge in [0.25, 0.3) is 5.91 Å². The zero-order chi connectivity index (χ0) is 12.8. The van der Waals surface area contributed by atoms with Crippen LogP contribution in [0.1, 0.15) is 24.2 Å². The molecule has 1 rings (SSSR count). The van der Waals surface area contributed by atoms with Crippen LogP contribution in [0.25, 0.3) is 0 Å². The number of amides is 2. The summed E-state index contributed by atoms with van der Waals surface area (Å²) < 4.78 is 0. The average Bonchev–Trinajstić information content (AvgIpc) is 2.25. The van der Waals surface area contributed by atoms with Crippen molar-refractivity contribution < 1.29 is 9.59 Å². The van der Waals surface area contributed by atoms with Crippen LogP contribution in [-0.4, -0.2) is 29.4 Å². The van der Waals surface area contributed by atoms with Gasteiger partial charge in [-0.3, -0.25) is 14.6 Å². The van der Waals surface area contributed by atoms with Crippen LogP contribution in [0.15, 0.2) is 18.5 Å². The zero-order valence-electron chi connectivity index (χ0n) is 10.3. The van der Waals surface area contributed by atoms with Crippen LogP contribution in [0, 0.1) is 0 Å². The van der Waals surface area contributed by atoms with Crippen molar-refractivity contribution >= 4 is 29.9 Å². The van der Waals surface area contributed by atoms with Crippen LogP contribution in [0.5, 0.6) is 0 Å². The predicted molar refractivity (Wildman–Crippen MR) is 71.5 cm³/mol. The number of aromatic nitrogens is 1. The molecule has 0 aromatic carbocycles. The standard InChI is InChI=1S/C11H16N4O2.ClH/c1-7(2)15-10(16)6-14-11(17)8-5-13-4-3-9(8)12;/h3-5,7H,6H2,1-2H3,(H2,12,13)(H,14,17)(H,15,16);1H. The second kappa shape index (κ2) is 7.50. The van der Waals surface area contributed by atoms with Gasteiger partial charge >= 0.3 is 0 Å². The molecular weight excluding hydrogens is 256 g/mol. The molecule has 4 N–H and O–H groups in total. The van der Waals surface area contributed by atoms with E-state index in [1.165, 1.54) is 18.5 Å². The quantitative estimate of drug-likeness (QED) is 0.736. The summed E-state index contributed by atoms with van der Waals surface area (Å²) in [6.07, 6.45) is 2.86. The number of anilines is 1. The fraction of sp³-hybridized carbons (Fsp3) is 0.364. The molecule has 0 aliphatic rings. The number of nitrogen functional groups attached to an aromatic ring is 1. The lowest BCUT2D eigenvalue weighted by Gasteiger charge is -2.09. The molecule has 6 nitrogen and oxygen atoms in total. The van der Waals surface area contributed by atoms with Gasteiger partial charge in [-0.2, -0.15) is 0 Å². The molecule has 0 bridgehead atoms. The van der Waals surface area contributed by atoms with E-state index >= 15 is 0 Å². The minimum absolute atomic E-state index is 0. The van der Waals surface area contributed by atoms with Crippen molar-refractivity contribution in [3.05, 3.63) is 24.0 Å². The Morgan fingerprint density at radius 2 is 2.11 bits per heavy atom. The number of hydrogen-bond acceptors (Lipinski definition) is 4. The maximum atomic E-state index is 11.6. The zero-order valence-corrected chi connectivity index (χ0v) is 11.1. The van der Waals surface area contributed by atoms with Crippen LogP contribution in [0.2, 0.25) is 0 Å². The molecule has 0 saturated heterocycles. The molecule has 0 saturated carbocycles. The van der Waals surface area contributed by atoms with Gasteiger partial charge in [-0.05, 0) is 19.9 Å². The maximum Gasteiger partial charge on any atom is 0.255 e. The first-order valence-corrected chi connectivity index (χ1v) is 5.27. The van der Waals surface area contributed by atoms with Crippen LogP contribution in [0.4, 0.5) is 5.69 Å². The summed E-state index contributed by atoms with van der Waals surface area (Å²) >= 11 is 0. The van der Waals surface area contributed by atoms with Gasteiger partial charge in [0.1, 0.15) is 0 Å². The van der Waals surface area contributed by atoms with Gasteiger partial charge in [-0.1, -0.05) is 0 Å². The summed E-state index contributed by atoms with van der Waals surface area (Å²) in [5, 5.41) is 5.14. The predicted octanol–water partition coefficient (Wildman–Crippen LogP) is 0.340. The summed E-state index contributed by atoms with van der Waals surface area (Å²) in [6.45, 7) is 3.61. The van der Waals surface area contributed by atoms with Gasteiger partial charge in [0, 0.05) is 24.1 Å². The van der Waals surface area contributed by atoms with Crippen LogP contribution in [0.3, 0.4) is 0 Å². The van der Waals surface area contributed by atoms with Crippen molar-refractivity contribution in [3.63, 3.8) is 0 Å². The number of rotatable bonds is 4. The molecule has 18 heavy (non-hydrogen) atoms. The molecule has 0 aliphatic heterocycles. The highest BCUT2D eigenvalue weighted by Crippen LogP contribution is 2.07. The summed E-state index contributed by atoms with van der Waals surface area (Å²) in [7, 11) is 0. The van der Waals surface area contributed by atoms with Gasteiger partial charge in [0.05, 0.1) is 12.1 Å². The Labute approximate surface area is 112 Å². The minimum atomic E-state index is -0.408. The van der Waals surface area contributed by atoms with E-state index in [1.54, 1.807) is 0 Å². The number of carbonyl (C=O) groups is 2. The largest absolute Gasteiger partial charge is 0.398 e. The molecule has 0 fully saturated rings. The molecule has 0 radical (unpaired) electrons. The molecule has 100 valence electrons. The fourth-order valence-corrected chi connectivity index (χ4v) is 1.22. The molecule has 0 aliphatic carbocycles. The van der Waals surface area contributed by atoms with Crippen molar-refractivity contribution in [3.8, 4) is 0 Å². The summed E-state index contributed by atoms with van der Waals surface area (Å²) in [5.74, 6) is -0.648. The van der Waals surface area contributed by atoms with E-state index in [0.717, 1.165) is 0 Å². The Morgan fingerprint density at radius 1 is 1.44 bits per heavy atom. The molecule has 1 aromatic heterocycles. The fourth-order valence-electron chi connectivity index (χ4n) is 1.22. The summed E-state index contributed by atoms with van der Waals surface area (Å²) in [6, 6.07) is 1.58. The van der Waals surface area contributed by atoms with E-state index in [2.05, 4.69) is 15.6 Å². The van der Waals surface area contributed by atoms with E-state index in [-0.39, 0.29) is 36.5 Å². The van der Waals surface area contributed by atoms with E-state index in [1.807, 2.05) is 13.8 Å². The number of pyridine rings is 1. The van der Waals surface area contributed by atoms with Crippen molar-refractivity contribution in [1.29, 1.82) is 0 Å². The molecule has 0 atom stereocenters. The van der Waals surface area contributed by atoms with Gasteiger partial charge in [-0.15, -0.1) is 12.4 Å². The smallest absolute Gasteiger partial charge is 0.255 e. The van der Waals surface area contributed by atoms with Crippen molar-refractivity contribution in [2.75, 3.05) is 12.3 Å². The molecule has 1 heterocycles. The Bertz CT molecular complexity index is 423. The van der Waals surface area contributed by atoms with Gasteiger partial charge in [0.15, 0.2) is 0 Å². The lowest BCUT2D eigenvalue weighted by molar-refractivity contribution is -0.120. The molecule has 0 unspecified atom stereocenters. The van der Waals surface area contributed by atoms with Gasteiger partial charge in [0.2, 0.25) is 5.91 Å². The molecule has 7 heteroatoms. The van der Waals surface area contributed by atoms with E-state index in [4.69, 9.17) is 5.73 Å². The van der Waals surface area contributed by atoms with E-state index < -0.39 is 5.91 Å². The van der Waals surface area contributed by atoms with Crippen molar-refractivity contribution in [2.45, 2.75) is 19.9 Å². The number of nitrogens with two attached hydrogens (primary N) is 1. The second-order valence-electron chi connectivity index (χ2n) is 3.87. The number of nitrogens with one attached hydrogen (secondary N) is 2. The monoisotopic (exact) mass is 272 g/mol. The molecular formula is C11H17ClN4O2. The van der Waals surface area contributed by atoms with Crippen LogP contribution < -0.4 is 16.4 Å². The molecule has 2 amide bonds. The number of carbonyl (C=O) groups excluding carboxylic acids is 2. The summed E-state index contributed by atoms with van der Waals surface area (Å²) in [4.78, 5) is 26.7. The third kappa shape index (κ3) is 5.01. The Kier molecular flexibility index (Phi) is 6.74. The lowest BCUT2D eigenvalue weighted by atomic mass is 10.2. The third-order valence-electron chi connectivity index (χ3n) is 1.96. The SMILES string of the molecule is CC(C)NC(=O)CNC(=O)c1cnccc1N.Cl. The minimum Gasteiger partial charge on any atom is -0.398 e. The Morgan fingerprint density at radius 3 is 2.67 bits per heavy atom. The van der Waals surface area contributed by atoms with E-state index in [9.17, 15) is 9.59 Å². The van der Waals surface area contributed by atoms with Gasteiger partial charge in [-0.25, -0.2) is 0 Å². The lowest BCUT2D eigenvalue weighted by Crippen LogP contribution is -2.40. The highest BCUT2D eigenvalue weighted by Gasteiger charge is 2.11. The first kappa shape index (κ1) is 16.2. The first-order chi connectivity index (χ1) is 8.00. The average molecular weight is 273 g/mol. The third-order valence-corrected chi connectivity index (χ3v) is 1.96. The summed E-state index contributed by atoms with van der Waals surface area (Å²) in [5.41, 5.74) is 6.21. The van der Waals surface area contributed by atoms with Gasteiger partial charge < -0.3 is 16.4 Å². The number of nitrogens with zero attached hydrogens (tertiary/aromatic N) is 1. The van der Waals surface area contributed by atoms with Crippen molar-refractivity contribution in [1.82, 2.24) is 15.6 Å². The second-order valence-corrected chi connectivity index (χ2v) is 3.87. The van der Waals surface area contributed by atoms with Crippen LogP contribution in [-0.2, 0) is 4.79 Å². The first-order valence-electron chi connectivity index (χ1n) is 5.27. The molecule has 1 aromatic rings. The van der Waals surface area contributed by atoms with Crippen molar-refractivity contribution in [2.24, 2.45) is 0 Å². The van der Waals surface area contributed by atoms with Crippen LogP contribution >= 0.6 is 12.4 Å².